The van der Waals surface area contributed by atoms with Crippen LogP contribution >= 0.6 is 11.8 Å². The molecule has 0 atom stereocenters. The van der Waals surface area contributed by atoms with E-state index >= 15 is 0 Å². The first kappa shape index (κ1) is 17.0. The number of thioether (sulfide) groups is 1. The van der Waals surface area contributed by atoms with Gasteiger partial charge in [0.25, 0.3) is 0 Å². The van der Waals surface area contributed by atoms with Crippen LogP contribution in [0.4, 0.5) is 10.1 Å². The maximum atomic E-state index is 13.0. The molecule has 0 unspecified atom stereocenters. The van der Waals surface area contributed by atoms with Crippen molar-refractivity contribution in [1.29, 1.82) is 0 Å². The van der Waals surface area contributed by atoms with E-state index in [9.17, 15) is 19.1 Å². The van der Waals surface area contributed by atoms with Crippen molar-refractivity contribution < 1.29 is 19.1 Å². The monoisotopic (exact) mass is 338 g/mol. The first-order valence-corrected chi connectivity index (χ1v) is 7.60. The molecular weight excluding hydrogens is 323 g/mol. The number of nitrogens with one attached hydrogen (secondary N) is 1. The molecule has 0 fully saturated rings. The van der Waals surface area contributed by atoms with Crippen LogP contribution in [0.2, 0.25) is 0 Å². The van der Waals surface area contributed by atoms with E-state index in [4.69, 9.17) is 5.73 Å². The molecule has 2 amide bonds. The molecule has 0 aliphatic rings. The Balaban J connectivity index is 1.99. The molecule has 0 spiro atoms. The fraction of sp³-hybridized carbons (Fsp3) is 0.214. The molecule has 0 saturated carbocycles. The number of nitrogens with zero attached hydrogens (tertiary/aromatic N) is 2. The number of carbonyl (C=O) groups is 2. The number of rotatable bonds is 7. The molecule has 0 aliphatic heterocycles. The van der Waals surface area contributed by atoms with Crippen LogP contribution < -0.4 is 11.1 Å². The predicted octanol–water partition coefficient (Wildman–Crippen LogP) is 0.731. The Hall–Kier alpha value is -2.39. The van der Waals surface area contributed by atoms with Gasteiger partial charge in [-0.15, -0.1) is 0 Å². The molecule has 1 aromatic carbocycles. The number of amides is 2. The Morgan fingerprint density at radius 2 is 2.22 bits per heavy atom. The topological polar surface area (TPSA) is 110 Å². The molecule has 9 heteroatoms. The first-order chi connectivity index (χ1) is 11.0. The normalized spacial score (nSPS) is 10.5. The molecule has 7 nitrogen and oxygen atoms in total. The highest BCUT2D eigenvalue weighted by Crippen LogP contribution is 2.19. The van der Waals surface area contributed by atoms with Gasteiger partial charge in [-0.2, -0.15) is 0 Å². The van der Waals surface area contributed by atoms with E-state index in [1.807, 2.05) is 0 Å². The average Bonchev–Trinajstić information content (AvgIpc) is 2.86. The number of aliphatic hydroxyl groups excluding tert-OH is 1. The third-order valence-corrected chi connectivity index (χ3v) is 3.81. The molecule has 0 saturated heterocycles. The summed E-state index contributed by atoms with van der Waals surface area (Å²) in [6.45, 7) is -0.430. The van der Waals surface area contributed by atoms with Crippen molar-refractivity contribution in [3.8, 4) is 0 Å². The number of hydrogen-bond acceptors (Lipinski definition) is 5. The highest BCUT2D eigenvalue weighted by molar-refractivity contribution is 7.99. The minimum absolute atomic E-state index is 0.0111. The van der Waals surface area contributed by atoms with Gasteiger partial charge in [0.1, 0.15) is 12.4 Å². The summed E-state index contributed by atoms with van der Waals surface area (Å²) in [6, 6.07) is 5.55. The first-order valence-electron chi connectivity index (χ1n) is 6.61. The summed E-state index contributed by atoms with van der Waals surface area (Å²) >= 11 is 1.08. The molecule has 0 bridgehead atoms. The minimum Gasteiger partial charge on any atom is -0.390 e. The number of benzene rings is 1. The van der Waals surface area contributed by atoms with E-state index in [0.29, 0.717) is 16.5 Å². The van der Waals surface area contributed by atoms with Crippen LogP contribution in [0, 0.1) is 5.82 Å². The van der Waals surface area contributed by atoms with Gasteiger partial charge in [0, 0.05) is 5.69 Å². The van der Waals surface area contributed by atoms with Crippen molar-refractivity contribution in [2.45, 2.75) is 18.3 Å². The number of imidazole rings is 1. The summed E-state index contributed by atoms with van der Waals surface area (Å²) in [5.41, 5.74) is 5.94. The van der Waals surface area contributed by atoms with Crippen LogP contribution in [0.3, 0.4) is 0 Å². The summed E-state index contributed by atoms with van der Waals surface area (Å²) in [5, 5.41) is 12.2. The maximum Gasteiger partial charge on any atom is 0.237 e. The van der Waals surface area contributed by atoms with Crippen LogP contribution in [0.5, 0.6) is 0 Å². The van der Waals surface area contributed by atoms with Crippen LogP contribution in [0.25, 0.3) is 0 Å². The summed E-state index contributed by atoms with van der Waals surface area (Å²) in [6.07, 6.45) is 1.41. The Morgan fingerprint density at radius 3 is 2.87 bits per heavy atom. The summed E-state index contributed by atoms with van der Waals surface area (Å²) in [4.78, 5) is 27.0. The minimum atomic E-state index is -0.580. The quantitative estimate of drug-likeness (QED) is 0.645. The van der Waals surface area contributed by atoms with Gasteiger partial charge in [0.15, 0.2) is 5.16 Å². The summed E-state index contributed by atoms with van der Waals surface area (Å²) in [5.74, 6) is -1.36. The number of nitrogens with two attached hydrogens (primary N) is 1. The molecular formula is C14H15FN4O3S. The van der Waals surface area contributed by atoms with Gasteiger partial charge < -0.3 is 20.7 Å². The second kappa shape index (κ2) is 7.75. The maximum absolute atomic E-state index is 13.0. The van der Waals surface area contributed by atoms with Gasteiger partial charge in [-0.1, -0.05) is 17.8 Å². The molecule has 0 aliphatic carbocycles. The Labute approximate surface area is 135 Å². The van der Waals surface area contributed by atoms with Crippen molar-refractivity contribution in [3.63, 3.8) is 0 Å². The van der Waals surface area contributed by atoms with E-state index in [1.54, 1.807) is 6.07 Å². The van der Waals surface area contributed by atoms with E-state index < -0.39 is 11.7 Å². The fourth-order valence-electron chi connectivity index (χ4n) is 1.85. The van der Waals surface area contributed by atoms with Crippen LogP contribution in [0.1, 0.15) is 5.69 Å². The molecule has 1 aromatic heterocycles. The van der Waals surface area contributed by atoms with Gasteiger partial charge in [-0.25, -0.2) is 9.37 Å². The van der Waals surface area contributed by atoms with Crippen LogP contribution in [0.15, 0.2) is 35.6 Å². The summed E-state index contributed by atoms with van der Waals surface area (Å²) < 4.78 is 14.5. The second-order valence-electron chi connectivity index (χ2n) is 4.59. The zero-order valence-electron chi connectivity index (χ0n) is 12.0. The Morgan fingerprint density at radius 1 is 1.43 bits per heavy atom. The van der Waals surface area contributed by atoms with Crippen molar-refractivity contribution in [1.82, 2.24) is 9.55 Å². The molecule has 122 valence electrons. The smallest absolute Gasteiger partial charge is 0.237 e. The molecule has 4 N–H and O–H groups in total. The standard InChI is InChI=1S/C14H15FN4O3S/c15-9-2-1-3-10(4-9)18-13(22)8-23-14-17-5-11(7-20)19(14)6-12(16)21/h1-5,20H,6-8H2,(H2,16,21)(H,18,22). The highest BCUT2D eigenvalue weighted by Gasteiger charge is 2.13. The third kappa shape index (κ3) is 4.80. The Kier molecular flexibility index (Phi) is 5.72. The number of aliphatic hydroxyl groups is 1. The number of aromatic nitrogens is 2. The third-order valence-electron chi connectivity index (χ3n) is 2.82. The van der Waals surface area contributed by atoms with E-state index in [-0.39, 0.29) is 24.8 Å². The van der Waals surface area contributed by atoms with Gasteiger partial charge in [0.2, 0.25) is 11.8 Å². The lowest BCUT2D eigenvalue weighted by atomic mass is 10.3. The second-order valence-corrected chi connectivity index (χ2v) is 5.53. The lowest BCUT2D eigenvalue weighted by molar-refractivity contribution is -0.118. The molecule has 2 aromatic rings. The van der Waals surface area contributed by atoms with Gasteiger partial charge in [-0.3, -0.25) is 9.59 Å². The lowest BCUT2D eigenvalue weighted by Gasteiger charge is -2.08. The highest BCUT2D eigenvalue weighted by atomic mass is 32.2. The summed E-state index contributed by atoms with van der Waals surface area (Å²) in [7, 11) is 0. The van der Waals surface area contributed by atoms with Gasteiger partial charge >= 0.3 is 0 Å². The lowest BCUT2D eigenvalue weighted by Crippen LogP contribution is -2.21. The van der Waals surface area contributed by atoms with E-state index in [0.717, 1.165) is 11.8 Å². The van der Waals surface area contributed by atoms with Crippen molar-refractivity contribution in [2.75, 3.05) is 11.1 Å². The van der Waals surface area contributed by atoms with Crippen molar-refractivity contribution in [3.05, 3.63) is 42.0 Å². The Bertz CT molecular complexity index is 720. The van der Waals surface area contributed by atoms with Crippen LogP contribution in [-0.2, 0) is 22.7 Å². The number of carbonyl (C=O) groups excluding carboxylic acids is 2. The number of anilines is 1. The van der Waals surface area contributed by atoms with Crippen molar-refractivity contribution in [2.24, 2.45) is 5.73 Å². The molecule has 2 rings (SSSR count). The predicted molar refractivity (Wildman–Crippen MR) is 83.1 cm³/mol. The van der Waals surface area contributed by atoms with E-state index in [2.05, 4.69) is 10.3 Å². The largest absolute Gasteiger partial charge is 0.390 e. The van der Waals surface area contributed by atoms with E-state index in [1.165, 1.54) is 29.0 Å². The molecule has 23 heavy (non-hydrogen) atoms. The number of primary amides is 1. The molecule has 0 radical (unpaired) electrons. The van der Waals surface area contributed by atoms with Gasteiger partial charge in [-0.05, 0) is 18.2 Å². The average molecular weight is 338 g/mol. The number of hydrogen-bond donors (Lipinski definition) is 3. The zero-order chi connectivity index (χ0) is 16.8. The van der Waals surface area contributed by atoms with Crippen LogP contribution in [-0.4, -0.2) is 32.2 Å². The zero-order valence-corrected chi connectivity index (χ0v) is 12.8. The SMILES string of the molecule is NC(=O)Cn1c(CO)cnc1SCC(=O)Nc1cccc(F)c1. The van der Waals surface area contributed by atoms with Gasteiger partial charge in [0.05, 0.1) is 24.3 Å². The molecule has 1 heterocycles. The number of halogens is 1. The van der Waals surface area contributed by atoms with Crippen molar-refractivity contribution >= 4 is 29.3 Å². The fourth-order valence-corrected chi connectivity index (χ4v) is 2.65.